The summed E-state index contributed by atoms with van der Waals surface area (Å²) >= 11 is 1.77. The monoisotopic (exact) mass is 441 g/mol. The first-order chi connectivity index (χ1) is 15.1. The summed E-state index contributed by atoms with van der Waals surface area (Å²) in [4.78, 5) is 35.2. The summed E-state index contributed by atoms with van der Waals surface area (Å²) in [5.41, 5.74) is 1.41. The van der Waals surface area contributed by atoms with Crippen molar-refractivity contribution in [3.8, 4) is 16.3 Å². The van der Waals surface area contributed by atoms with Crippen LogP contribution in [0.5, 0.6) is 5.75 Å². The van der Waals surface area contributed by atoms with Crippen LogP contribution in [-0.4, -0.2) is 57.8 Å². The van der Waals surface area contributed by atoms with Crippen LogP contribution >= 0.6 is 11.3 Å². The summed E-state index contributed by atoms with van der Waals surface area (Å²) < 4.78 is 11.5. The maximum Gasteiger partial charge on any atom is 0.340 e. The van der Waals surface area contributed by atoms with Crippen LogP contribution < -0.4 is 10.4 Å². The third kappa shape index (κ3) is 3.77. The fourth-order valence-corrected chi connectivity index (χ4v) is 5.57. The van der Waals surface area contributed by atoms with Gasteiger partial charge in [0.15, 0.2) is 0 Å². The van der Waals surface area contributed by atoms with Gasteiger partial charge in [0.25, 0.3) is 0 Å². The van der Waals surface area contributed by atoms with E-state index in [-0.39, 0.29) is 17.9 Å². The Morgan fingerprint density at radius 3 is 2.87 bits per heavy atom. The van der Waals surface area contributed by atoms with Gasteiger partial charge in [0.1, 0.15) is 11.6 Å². The molecule has 1 saturated heterocycles. The number of carbonyl (C=O) groups excluding carboxylic acids is 1. The third-order valence-electron chi connectivity index (χ3n) is 6.02. The van der Waals surface area contributed by atoms with Crippen LogP contribution in [-0.2, 0) is 28.0 Å². The molecule has 9 nitrogen and oxygen atoms in total. The first-order valence-electron chi connectivity index (χ1n) is 10.3. The summed E-state index contributed by atoms with van der Waals surface area (Å²) in [5, 5.41) is 6.12. The van der Waals surface area contributed by atoms with E-state index in [0.29, 0.717) is 25.5 Å². The molecule has 1 fully saturated rings. The molecule has 2 aliphatic rings. The minimum absolute atomic E-state index is 0.0397. The fourth-order valence-electron chi connectivity index (χ4n) is 4.36. The maximum absolute atomic E-state index is 12.6. The Kier molecular flexibility index (Phi) is 5.11. The average Bonchev–Trinajstić information content (AvgIpc) is 3.41. The molecule has 0 aliphatic carbocycles. The highest BCUT2D eigenvalue weighted by atomic mass is 32.1. The number of fused-ring (bicyclic) bond motifs is 2. The van der Waals surface area contributed by atoms with Crippen molar-refractivity contribution in [2.24, 2.45) is 0 Å². The number of nitrogens with zero attached hydrogens (tertiary/aromatic N) is 3. The Labute approximate surface area is 182 Å². The third-order valence-corrected chi connectivity index (χ3v) is 7.24. The highest BCUT2D eigenvalue weighted by molar-refractivity contribution is 7.15. The summed E-state index contributed by atoms with van der Waals surface area (Å²) in [7, 11) is 1.63. The molecule has 0 unspecified atom stereocenters. The first kappa shape index (κ1) is 20.0. The van der Waals surface area contributed by atoms with Crippen molar-refractivity contribution in [2.75, 3.05) is 26.8 Å². The second-order valence-corrected chi connectivity index (χ2v) is 8.94. The minimum atomic E-state index is -0.400. The van der Waals surface area contributed by atoms with Crippen molar-refractivity contribution >= 4 is 17.2 Å². The topological polar surface area (TPSA) is 113 Å². The number of amides is 1. The lowest BCUT2D eigenvalue weighted by atomic mass is 9.82. The van der Waals surface area contributed by atoms with Crippen molar-refractivity contribution in [2.45, 2.75) is 31.3 Å². The van der Waals surface area contributed by atoms with Gasteiger partial charge in [-0.1, -0.05) is 0 Å². The molecule has 162 valence electrons. The molecule has 31 heavy (non-hydrogen) atoms. The van der Waals surface area contributed by atoms with Gasteiger partial charge in [-0.2, -0.15) is 5.10 Å². The minimum Gasteiger partial charge on any atom is -0.495 e. The van der Waals surface area contributed by atoms with Gasteiger partial charge in [-0.05, 0) is 36.6 Å². The lowest BCUT2D eigenvalue weighted by Gasteiger charge is -2.44. The second kappa shape index (κ2) is 7.93. The molecule has 0 aromatic carbocycles. The molecule has 0 bridgehead atoms. The van der Waals surface area contributed by atoms with Crippen LogP contribution in [0.4, 0.5) is 0 Å². The van der Waals surface area contributed by atoms with E-state index in [4.69, 9.17) is 9.47 Å². The number of likely N-dealkylation sites (tertiary alicyclic amines) is 1. The molecular formula is C21H23N5O4S. The van der Waals surface area contributed by atoms with Crippen LogP contribution in [0.1, 0.15) is 29.1 Å². The van der Waals surface area contributed by atoms with Crippen molar-refractivity contribution in [3.63, 3.8) is 0 Å². The molecule has 2 N–H and O–H groups in total. The predicted octanol–water partition coefficient (Wildman–Crippen LogP) is 1.86. The van der Waals surface area contributed by atoms with Crippen molar-refractivity contribution in [1.29, 1.82) is 0 Å². The Bertz CT molecular complexity index is 1140. The van der Waals surface area contributed by atoms with Gasteiger partial charge >= 0.3 is 5.69 Å². The highest BCUT2D eigenvalue weighted by Crippen LogP contribution is 2.46. The van der Waals surface area contributed by atoms with E-state index < -0.39 is 5.69 Å². The normalized spacial score (nSPS) is 17.5. The number of piperidine rings is 1. The van der Waals surface area contributed by atoms with Crippen molar-refractivity contribution in [1.82, 2.24) is 25.1 Å². The van der Waals surface area contributed by atoms with Crippen molar-refractivity contribution < 1.29 is 14.3 Å². The van der Waals surface area contributed by atoms with E-state index >= 15 is 0 Å². The molecule has 3 aromatic rings. The molecule has 5 rings (SSSR count). The zero-order chi connectivity index (χ0) is 21.4. The largest absolute Gasteiger partial charge is 0.495 e. The quantitative estimate of drug-likeness (QED) is 0.639. The van der Waals surface area contributed by atoms with Crippen LogP contribution in [0, 0.1) is 0 Å². The van der Waals surface area contributed by atoms with Crippen LogP contribution in [0.3, 0.4) is 0 Å². The van der Waals surface area contributed by atoms with Crippen molar-refractivity contribution in [3.05, 3.63) is 51.1 Å². The molecule has 10 heteroatoms. The van der Waals surface area contributed by atoms with Crippen LogP contribution in [0.15, 0.2) is 29.2 Å². The molecule has 0 saturated carbocycles. The van der Waals surface area contributed by atoms with E-state index in [2.05, 4.69) is 26.2 Å². The molecule has 1 spiro atoms. The maximum atomic E-state index is 12.6. The lowest BCUT2D eigenvalue weighted by Crippen LogP contribution is -2.48. The van der Waals surface area contributed by atoms with Crippen LogP contribution in [0.25, 0.3) is 10.6 Å². The summed E-state index contributed by atoms with van der Waals surface area (Å²) in [6.45, 7) is 1.91. The average molecular weight is 442 g/mol. The molecule has 0 atom stereocenters. The van der Waals surface area contributed by atoms with Gasteiger partial charge in [0.05, 0.1) is 42.5 Å². The number of methoxy groups -OCH3 is 1. The van der Waals surface area contributed by atoms with Gasteiger partial charge in [0, 0.05) is 24.4 Å². The van der Waals surface area contributed by atoms with E-state index in [9.17, 15) is 9.59 Å². The smallest absolute Gasteiger partial charge is 0.340 e. The first-order valence-corrected chi connectivity index (χ1v) is 11.1. The van der Waals surface area contributed by atoms with E-state index in [1.165, 1.54) is 10.4 Å². The number of ether oxygens (including phenoxy) is 2. The molecule has 5 heterocycles. The number of aromatic amines is 2. The number of thiophene rings is 1. The van der Waals surface area contributed by atoms with E-state index in [0.717, 1.165) is 35.6 Å². The van der Waals surface area contributed by atoms with E-state index in [1.54, 1.807) is 24.6 Å². The van der Waals surface area contributed by atoms with Gasteiger partial charge in [0.2, 0.25) is 5.91 Å². The van der Waals surface area contributed by atoms with Gasteiger partial charge < -0.3 is 14.4 Å². The highest BCUT2D eigenvalue weighted by Gasteiger charge is 2.42. The van der Waals surface area contributed by atoms with E-state index in [1.807, 2.05) is 17.0 Å². The van der Waals surface area contributed by atoms with Gasteiger partial charge in [-0.3, -0.25) is 14.8 Å². The molecule has 2 aliphatic heterocycles. The Morgan fingerprint density at radius 2 is 2.19 bits per heavy atom. The number of rotatable bonds is 4. The lowest BCUT2D eigenvalue weighted by molar-refractivity contribution is -0.140. The van der Waals surface area contributed by atoms with Gasteiger partial charge in [-0.15, -0.1) is 11.3 Å². The number of pyridine rings is 1. The zero-order valence-corrected chi connectivity index (χ0v) is 18.0. The number of hydrogen-bond acceptors (Lipinski definition) is 7. The Balaban J connectivity index is 1.32. The second-order valence-electron chi connectivity index (χ2n) is 7.81. The Morgan fingerprint density at radius 1 is 1.35 bits per heavy atom. The fraction of sp³-hybridized carbons (Fsp3) is 0.429. The SMILES string of the molecule is COc1ccc(-c2cc3c(s2)CCOC32CCN(C(=O)Cc3n[nH]c(=O)[nH]3)CC2)nc1. The van der Waals surface area contributed by atoms with Gasteiger partial charge in [-0.25, -0.2) is 9.89 Å². The summed E-state index contributed by atoms with van der Waals surface area (Å²) in [6, 6.07) is 6.11. The molecule has 1 amide bonds. The molecule has 3 aromatic heterocycles. The summed E-state index contributed by atoms with van der Waals surface area (Å²) in [5.74, 6) is 1.06. The number of carbonyl (C=O) groups is 1. The standard InChI is InChI=1S/C21H23N5O4S/c1-29-13-2-3-15(22-12-13)17-10-14-16(31-17)4-9-30-21(14)5-7-26(8-6-21)19(27)11-18-23-20(28)25-24-18/h2-3,10,12H,4-9,11H2,1H3,(H2,23,24,25,28). The number of H-pyrrole nitrogens is 2. The molecule has 0 radical (unpaired) electrons. The molecular weight excluding hydrogens is 418 g/mol. The number of aromatic nitrogens is 4. The summed E-state index contributed by atoms with van der Waals surface area (Å²) in [6.07, 6.45) is 4.21. The van der Waals surface area contributed by atoms with Crippen LogP contribution in [0.2, 0.25) is 0 Å². The Hall–Kier alpha value is -2.98. The predicted molar refractivity (Wildman–Crippen MR) is 114 cm³/mol. The number of nitrogens with one attached hydrogen (secondary N) is 2. The zero-order valence-electron chi connectivity index (χ0n) is 17.1. The number of hydrogen-bond donors (Lipinski definition) is 2.